The Hall–Kier alpha value is -0.960. The maximum atomic E-state index is 12.3. The SMILES string of the molecule is FC(F)Cc1cccc(C2CCCNC2)c1. The normalized spacial score (nSPS) is 21.3. The molecule has 16 heavy (non-hydrogen) atoms. The van der Waals surface area contributed by atoms with Crippen LogP contribution in [0, 0.1) is 0 Å². The smallest absolute Gasteiger partial charge is 0.242 e. The Morgan fingerprint density at radius 2 is 2.25 bits per heavy atom. The van der Waals surface area contributed by atoms with Crippen LogP contribution in [0.3, 0.4) is 0 Å². The first-order valence-electron chi connectivity index (χ1n) is 5.83. The van der Waals surface area contributed by atoms with Crippen molar-refractivity contribution in [2.45, 2.75) is 31.6 Å². The zero-order valence-electron chi connectivity index (χ0n) is 9.26. The van der Waals surface area contributed by atoms with Crippen molar-refractivity contribution in [2.24, 2.45) is 0 Å². The highest BCUT2D eigenvalue weighted by Gasteiger charge is 2.15. The maximum absolute atomic E-state index is 12.3. The van der Waals surface area contributed by atoms with E-state index in [9.17, 15) is 8.78 Å². The molecule has 0 bridgehead atoms. The second-order valence-corrected chi connectivity index (χ2v) is 4.38. The highest BCUT2D eigenvalue weighted by atomic mass is 19.3. The van der Waals surface area contributed by atoms with Crippen LogP contribution < -0.4 is 5.32 Å². The fourth-order valence-electron chi connectivity index (χ4n) is 2.29. The minimum absolute atomic E-state index is 0.131. The standard InChI is InChI=1S/C13H17F2N/c14-13(15)8-10-3-1-4-11(7-10)12-5-2-6-16-9-12/h1,3-4,7,12-13,16H,2,5-6,8-9H2. The van der Waals surface area contributed by atoms with E-state index < -0.39 is 6.43 Å². The highest BCUT2D eigenvalue weighted by molar-refractivity contribution is 5.27. The first kappa shape index (κ1) is 11.5. The number of hydrogen-bond acceptors (Lipinski definition) is 1. The highest BCUT2D eigenvalue weighted by Crippen LogP contribution is 2.24. The Morgan fingerprint density at radius 1 is 1.38 bits per heavy atom. The molecule has 0 saturated carbocycles. The number of piperidine rings is 1. The third-order valence-corrected chi connectivity index (χ3v) is 3.11. The summed E-state index contributed by atoms with van der Waals surface area (Å²) in [5.74, 6) is 0.492. The van der Waals surface area contributed by atoms with Crippen molar-refractivity contribution in [3.63, 3.8) is 0 Å². The summed E-state index contributed by atoms with van der Waals surface area (Å²) in [6.45, 7) is 2.05. The molecule has 1 atom stereocenters. The second kappa shape index (κ2) is 5.39. The van der Waals surface area contributed by atoms with E-state index in [1.165, 1.54) is 12.0 Å². The van der Waals surface area contributed by atoms with Crippen LogP contribution in [0.15, 0.2) is 24.3 Å². The number of hydrogen-bond donors (Lipinski definition) is 1. The summed E-state index contributed by atoms with van der Waals surface area (Å²) in [6.07, 6.45) is -0.0530. The summed E-state index contributed by atoms with van der Waals surface area (Å²) in [6, 6.07) is 7.66. The van der Waals surface area contributed by atoms with Crippen LogP contribution in [0.1, 0.15) is 29.9 Å². The van der Waals surface area contributed by atoms with E-state index in [0.29, 0.717) is 5.92 Å². The van der Waals surface area contributed by atoms with Gasteiger partial charge in [-0.15, -0.1) is 0 Å². The molecule has 1 aromatic carbocycles. The fourth-order valence-corrected chi connectivity index (χ4v) is 2.29. The zero-order valence-corrected chi connectivity index (χ0v) is 9.26. The fraction of sp³-hybridized carbons (Fsp3) is 0.538. The molecule has 88 valence electrons. The van der Waals surface area contributed by atoms with Gasteiger partial charge in [0.1, 0.15) is 0 Å². The molecule has 0 spiro atoms. The van der Waals surface area contributed by atoms with Crippen molar-refractivity contribution in [3.8, 4) is 0 Å². The summed E-state index contributed by atoms with van der Waals surface area (Å²) < 4.78 is 24.6. The van der Waals surface area contributed by atoms with E-state index in [2.05, 4.69) is 5.32 Å². The lowest BCUT2D eigenvalue weighted by atomic mass is 9.90. The van der Waals surface area contributed by atoms with Crippen LogP contribution in [-0.4, -0.2) is 19.5 Å². The predicted octanol–water partition coefficient (Wildman–Crippen LogP) is 2.96. The van der Waals surface area contributed by atoms with Crippen molar-refractivity contribution in [1.29, 1.82) is 0 Å². The third kappa shape index (κ3) is 3.01. The summed E-state index contributed by atoms with van der Waals surface area (Å²) in [5.41, 5.74) is 1.95. The molecule has 1 fully saturated rings. The second-order valence-electron chi connectivity index (χ2n) is 4.38. The molecule has 1 nitrogen and oxygen atoms in total. The molecule has 0 radical (unpaired) electrons. The number of rotatable bonds is 3. The summed E-state index contributed by atoms with van der Waals surface area (Å²) >= 11 is 0. The molecule has 1 N–H and O–H groups in total. The molecule has 0 aliphatic carbocycles. The summed E-state index contributed by atoms with van der Waals surface area (Å²) in [4.78, 5) is 0. The van der Waals surface area contributed by atoms with Crippen LogP contribution in [0.25, 0.3) is 0 Å². The van der Waals surface area contributed by atoms with Gasteiger partial charge in [-0.05, 0) is 36.4 Å². The average Bonchev–Trinajstić information content (AvgIpc) is 2.30. The largest absolute Gasteiger partial charge is 0.316 e. The lowest BCUT2D eigenvalue weighted by molar-refractivity contribution is 0.149. The van der Waals surface area contributed by atoms with Gasteiger partial charge in [-0.1, -0.05) is 24.3 Å². The topological polar surface area (TPSA) is 12.0 Å². The van der Waals surface area contributed by atoms with Crippen LogP contribution >= 0.6 is 0 Å². The first-order valence-corrected chi connectivity index (χ1v) is 5.83. The molecule has 1 aromatic rings. The van der Waals surface area contributed by atoms with Crippen molar-refractivity contribution in [3.05, 3.63) is 35.4 Å². The van der Waals surface area contributed by atoms with Crippen molar-refractivity contribution < 1.29 is 8.78 Å². The molecular formula is C13H17F2N. The number of halogens is 2. The molecule has 1 unspecified atom stereocenters. The maximum Gasteiger partial charge on any atom is 0.242 e. The van der Waals surface area contributed by atoms with Gasteiger partial charge in [0, 0.05) is 13.0 Å². The van der Waals surface area contributed by atoms with Gasteiger partial charge in [0.05, 0.1) is 0 Å². The minimum atomic E-state index is -2.25. The van der Waals surface area contributed by atoms with Crippen LogP contribution in [0.5, 0.6) is 0 Å². The van der Waals surface area contributed by atoms with E-state index in [-0.39, 0.29) is 6.42 Å². The Balaban J connectivity index is 2.08. The van der Waals surface area contributed by atoms with Gasteiger partial charge in [-0.2, -0.15) is 0 Å². The van der Waals surface area contributed by atoms with Gasteiger partial charge in [0.25, 0.3) is 0 Å². The monoisotopic (exact) mass is 225 g/mol. The van der Waals surface area contributed by atoms with Gasteiger partial charge < -0.3 is 5.32 Å². The van der Waals surface area contributed by atoms with Gasteiger partial charge >= 0.3 is 0 Å². The average molecular weight is 225 g/mol. The van der Waals surface area contributed by atoms with E-state index in [4.69, 9.17) is 0 Å². The molecule has 1 heterocycles. The molecule has 0 aromatic heterocycles. The number of alkyl halides is 2. The van der Waals surface area contributed by atoms with E-state index in [0.717, 1.165) is 25.1 Å². The zero-order chi connectivity index (χ0) is 11.4. The Bertz CT molecular complexity index is 332. The van der Waals surface area contributed by atoms with E-state index >= 15 is 0 Å². The molecule has 1 saturated heterocycles. The van der Waals surface area contributed by atoms with Crippen LogP contribution in [0.4, 0.5) is 8.78 Å². The number of nitrogens with one attached hydrogen (secondary N) is 1. The van der Waals surface area contributed by atoms with Gasteiger partial charge in [-0.25, -0.2) is 8.78 Å². The molecule has 3 heteroatoms. The minimum Gasteiger partial charge on any atom is -0.316 e. The molecule has 2 rings (SSSR count). The van der Waals surface area contributed by atoms with Crippen molar-refractivity contribution in [1.82, 2.24) is 5.32 Å². The van der Waals surface area contributed by atoms with Crippen LogP contribution in [-0.2, 0) is 6.42 Å². The molecular weight excluding hydrogens is 208 g/mol. The van der Waals surface area contributed by atoms with E-state index in [1.54, 1.807) is 6.07 Å². The third-order valence-electron chi connectivity index (χ3n) is 3.11. The molecule has 0 amide bonds. The molecule has 1 aliphatic rings. The number of benzene rings is 1. The lowest BCUT2D eigenvalue weighted by Crippen LogP contribution is -2.28. The van der Waals surface area contributed by atoms with Gasteiger partial charge in [0.2, 0.25) is 6.43 Å². The van der Waals surface area contributed by atoms with Crippen LogP contribution in [0.2, 0.25) is 0 Å². The Kier molecular flexibility index (Phi) is 3.88. The summed E-state index contributed by atoms with van der Waals surface area (Å²) in [5, 5.41) is 3.35. The Morgan fingerprint density at radius 3 is 2.94 bits per heavy atom. The predicted molar refractivity (Wildman–Crippen MR) is 61.0 cm³/mol. The van der Waals surface area contributed by atoms with Crippen molar-refractivity contribution >= 4 is 0 Å². The quantitative estimate of drug-likeness (QED) is 0.834. The first-order chi connectivity index (χ1) is 7.75. The Labute approximate surface area is 94.9 Å². The van der Waals surface area contributed by atoms with Gasteiger partial charge in [-0.3, -0.25) is 0 Å². The van der Waals surface area contributed by atoms with Gasteiger partial charge in [0.15, 0.2) is 0 Å². The molecule has 1 aliphatic heterocycles. The van der Waals surface area contributed by atoms with E-state index in [1.807, 2.05) is 18.2 Å². The lowest BCUT2D eigenvalue weighted by Gasteiger charge is -2.23. The van der Waals surface area contributed by atoms with Crippen molar-refractivity contribution in [2.75, 3.05) is 13.1 Å². The summed E-state index contributed by atoms with van der Waals surface area (Å²) in [7, 11) is 0.